The van der Waals surface area contributed by atoms with Gasteiger partial charge in [-0.05, 0) is 12.1 Å². The summed E-state index contributed by atoms with van der Waals surface area (Å²) in [7, 11) is 6.65. The third kappa shape index (κ3) is 4.77. The SMILES string of the molecule is COc1nn(C)cc1C(=O)Nc1cccc(C(=O)N/N=C\N(C)C)n1. The number of carbonyl (C=O) groups excluding carboxylic acids is 2. The average Bonchev–Trinajstić information content (AvgIpc) is 2.96. The number of aryl methyl sites for hydroxylation is 1. The van der Waals surface area contributed by atoms with Crippen LogP contribution in [-0.2, 0) is 7.05 Å². The predicted molar refractivity (Wildman–Crippen MR) is 91.6 cm³/mol. The molecule has 0 saturated carbocycles. The van der Waals surface area contributed by atoms with Gasteiger partial charge < -0.3 is 15.0 Å². The highest BCUT2D eigenvalue weighted by Gasteiger charge is 2.17. The lowest BCUT2D eigenvalue weighted by molar-refractivity contribution is 0.0948. The van der Waals surface area contributed by atoms with Gasteiger partial charge in [0.15, 0.2) is 0 Å². The van der Waals surface area contributed by atoms with E-state index in [1.165, 1.54) is 30.4 Å². The van der Waals surface area contributed by atoms with Crippen molar-refractivity contribution in [2.45, 2.75) is 0 Å². The van der Waals surface area contributed by atoms with Gasteiger partial charge in [0.05, 0.1) is 7.11 Å². The maximum atomic E-state index is 12.3. The molecule has 10 nitrogen and oxygen atoms in total. The molecule has 2 rings (SSSR count). The Hall–Kier alpha value is -3.43. The Morgan fingerprint density at radius 2 is 2.08 bits per heavy atom. The fraction of sp³-hybridized carbons (Fsp3) is 0.267. The molecule has 0 bridgehead atoms. The van der Waals surface area contributed by atoms with Crippen molar-refractivity contribution in [3.8, 4) is 5.88 Å². The minimum atomic E-state index is -0.492. The molecule has 132 valence electrons. The zero-order chi connectivity index (χ0) is 18.4. The lowest BCUT2D eigenvalue weighted by atomic mass is 10.3. The summed E-state index contributed by atoms with van der Waals surface area (Å²) in [5, 5.41) is 10.4. The van der Waals surface area contributed by atoms with Crippen LogP contribution in [-0.4, -0.2) is 59.0 Å². The quantitative estimate of drug-likeness (QED) is 0.442. The van der Waals surface area contributed by atoms with Crippen molar-refractivity contribution in [3.63, 3.8) is 0 Å². The van der Waals surface area contributed by atoms with E-state index < -0.39 is 11.8 Å². The molecule has 2 aromatic rings. The molecule has 2 heterocycles. The highest BCUT2D eigenvalue weighted by molar-refractivity contribution is 6.05. The number of hydrogen-bond acceptors (Lipinski definition) is 6. The zero-order valence-corrected chi connectivity index (χ0v) is 14.3. The van der Waals surface area contributed by atoms with Crippen molar-refractivity contribution in [2.24, 2.45) is 12.1 Å². The van der Waals surface area contributed by atoms with Gasteiger partial charge in [0.2, 0.25) is 5.88 Å². The smallest absolute Gasteiger partial charge is 0.290 e. The molecule has 0 fully saturated rings. The molecule has 0 atom stereocenters. The molecule has 10 heteroatoms. The van der Waals surface area contributed by atoms with E-state index in [-0.39, 0.29) is 23.0 Å². The Morgan fingerprint density at radius 3 is 2.76 bits per heavy atom. The third-order valence-corrected chi connectivity index (χ3v) is 2.91. The Morgan fingerprint density at radius 1 is 1.32 bits per heavy atom. The summed E-state index contributed by atoms with van der Waals surface area (Å²) in [6.45, 7) is 0. The van der Waals surface area contributed by atoms with Gasteiger partial charge in [0.1, 0.15) is 23.4 Å². The fourth-order valence-electron chi connectivity index (χ4n) is 1.85. The molecular formula is C15H19N7O3. The number of pyridine rings is 1. The van der Waals surface area contributed by atoms with Crippen LogP contribution in [0.15, 0.2) is 29.5 Å². The molecule has 2 amide bonds. The van der Waals surface area contributed by atoms with E-state index in [1.807, 2.05) is 0 Å². The van der Waals surface area contributed by atoms with Gasteiger partial charge in [-0.2, -0.15) is 5.10 Å². The van der Waals surface area contributed by atoms with Crippen LogP contribution in [0, 0.1) is 0 Å². The van der Waals surface area contributed by atoms with Gasteiger partial charge in [-0.25, -0.2) is 10.4 Å². The van der Waals surface area contributed by atoms with Crippen LogP contribution >= 0.6 is 0 Å². The highest BCUT2D eigenvalue weighted by Crippen LogP contribution is 2.16. The number of nitrogens with zero attached hydrogens (tertiary/aromatic N) is 5. The van der Waals surface area contributed by atoms with E-state index in [1.54, 1.807) is 38.2 Å². The first-order valence-electron chi connectivity index (χ1n) is 7.26. The van der Waals surface area contributed by atoms with Gasteiger partial charge in [-0.3, -0.25) is 14.3 Å². The summed E-state index contributed by atoms with van der Waals surface area (Å²) in [4.78, 5) is 30.1. The summed E-state index contributed by atoms with van der Waals surface area (Å²) in [6, 6.07) is 4.69. The molecule has 0 aliphatic heterocycles. The van der Waals surface area contributed by atoms with E-state index in [2.05, 4.69) is 25.9 Å². The third-order valence-electron chi connectivity index (χ3n) is 2.91. The molecule has 2 aromatic heterocycles. The van der Waals surface area contributed by atoms with Crippen LogP contribution in [0.4, 0.5) is 5.82 Å². The summed E-state index contributed by atoms with van der Waals surface area (Å²) >= 11 is 0. The average molecular weight is 345 g/mol. The first-order valence-corrected chi connectivity index (χ1v) is 7.26. The van der Waals surface area contributed by atoms with E-state index in [9.17, 15) is 9.59 Å². The Labute approximate surface area is 144 Å². The van der Waals surface area contributed by atoms with Gasteiger partial charge in [-0.15, -0.1) is 5.10 Å². The Bertz CT molecular complexity index is 798. The van der Waals surface area contributed by atoms with E-state index in [4.69, 9.17) is 4.74 Å². The largest absolute Gasteiger partial charge is 0.479 e. The van der Waals surface area contributed by atoms with E-state index >= 15 is 0 Å². The predicted octanol–water partition coefficient (Wildman–Crippen LogP) is 0.311. The van der Waals surface area contributed by atoms with Gasteiger partial charge in [0.25, 0.3) is 11.8 Å². The molecule has 0 saturated heterocycles. The minimum absolute atomic E-state index is 0.117. The Balaban J connectivity index is 2.10. The number of hydrazone groups is 1. The zero-order valence-electron chi connectivity index (χ0n) is 14.3. The molecule has 0 unspecified atom stereocenters. The van der Waals surface area contributed by atoms with Crippen LogP contribution in [0.2, 0.25) is 0 Å². The molecule has 0 aromatic carbocycles. The number of hydrogen-bond donors (Lipinski definition) is 2. The summed E-state index contributed by atoms with van der Waals surface area (Å²) < 4.78 is 6.52. The molecule has 0 spiro atoms. The van der Waals surface area contributed by atoms with Gasteiger partial charge in [-0.1, -0.05) is 6.07 Å². The van der Waals surface area contributed by atoms with Crippen molar-refractivity contribution < 1.29 is 14.3 Å². The lowest BCUT2D eigenvalue weighted by Crippen LogP contribution is -2.22. The molecule has 25 heavy (non-hydrogen) atoms. The number of aromatic nitrogens is 3. The summed E-state index contributed by atoms with van der Waals surface area (Å²) in [5.41, 5.74) is 2.72. The summed E-state index contributed by atoms with van der Waals surface area (Å²) in [5.74, 6) is -0.513. The van der Waals surface area contributed by atoms with Crippen molar-refractivity contribution in [1.82, 2.24) is 25.1 Å². The number of nitrogens with one attached hydrogen (secondary N) is 2. The van der Waals surface area contributed by atoms with Crippen molar-refractivity contribution in [2.75, 3.05) is 26.5 Å². The molecular weight excluding hydrogens is 326 g/mol. The number of amides is 2. The number of ether oxygens (including phenoxy) is 1. The number of rotatable bonds is 6. The molecule has 0 aliphatic carbocycles. The van der Waals surface area contributed by atoms with Gasteiger partial charge >= 0.3 is 0 Å². The number of anilines is 1. The second-order valence-electron chi connectivity index (χ2n) is 5.24. The van der Waals surface area contributed by atoms with Crippen LogP contribution in [0.25, 0.3) is 0 Å². The normalized spacial score (nSPS) is 10.6. The van der Waals surface area contributed by atoms with Crippen molar-refractivity contribution in [3.05, 3.63) is 35.7 Å². The molecule has 2 N–H and O–H groups in total. The van der Waals surface area contributed by atoms with Crippen LogP contribution in [0.1, 0.15) is 20.8 Å². The van der Waals surface area contributed by atoms with Crippen molar-refractivity contribution >= 4 is 24.0 Å². The second kappa shape index (κ2) is 7.90. The van der Waals surface area contributed by atoms with E-state index in [0.717, 1.165) is 0 Å². The van der Waals surface area contributed by atoms with E-state index in [0.29, 0.717) is 0 Å². The number of carbonyl (C=O) groups is 2. The van der Waals surface area contributed by atoms with Gasteiger partial charge in [0, 0.05) is 27.3 Å². The fourth-order valence-corrected chi connectivity index (χ4v) is 1.85. The van der Waals surface area contributed by atoms with Crippen LogP contribution < -0.4 is 15.5 Å². The maximum absolute atomic E-state index is 12.3. The standard InChI is InChI=1S/C15H19N7O3/c1-21(2)9-16-19-14(24)11-6-5-7-12(17-11)18-13(23)10-8-22(3)20-15(10)25-4/h5-9H,1-4H3,(H,19,24)(H,17,18,23)/b16-9-. The first-order chi connectivity index (χ1) is 11.9. The van der Waals surface area contributed by atoms with Crippen LogP contribution in [0.5, 0.6) is 5.88 Å². The maximum Gasteiger partial charge on any atom is 0.290 e. The lowest BCUT2D eigenvalue weighted by Gasteiger charge is -2.06. The summed E-state index contributed by atoms with van der Waals surface area (Å²) in [6.07, 6.45) is 2.97. The monoisotopic (exact) mass is 345 g/mol. The Kier molecular flexibility index (Phi) is 5.66. The topological polar surface area (TPSA) is 114 Å². The van der Waals surface area contributed by atoms with Crippen molar-refractivity contribution in [1.29, 1.82) is 0 Å². The second-order valence-corrected chi connectivity index (χ2v) is 5.24. The molecule has 0 radical (unpaired) electrons. The number of methoxy groups -OCH3 is 1. The first kappa shape index (κ1) is 17.9. The molecule has 0 aliphatic rings. The highest BCUT2D eigenvalue weighted by atomic mass is 16.5. The minimum Gasteiger partial charge on any atom is -0.479 e. The van der Waals surface area contributed by atoms with Crippen LogP contribution in [0.3, 0.4) is 0 Å².